The van der Waals surface area contributed by atoms with Crippen LogP contribution in [-0.4, -0.2) is 62.2 Å². The number of aromatic nitrogens is 4. The summed E-state index contributed by atoms with van der Waals surface area (Å²) in [5.41, 5.74) is 6.16. The molecule has 2 aromatic rings. The summed E-state index contributed by atoms with van der Waals surface area (Å²) in [7, 11) is -4.08. The highest BCUT2D eigenvalue weighted by Crippen LogP contribution is 2.57. The molecule has 30 heavy (non-hydrogen) atoms. The molecule has 0 spiro atoms. The highest BCUT2D eigenvalue weighted by molar-refractivity contribution is 7.48. The molecule has 3 N–H and O–H groups in total. The average molecular weight is 466 g/mol. The molecule has 4 heterocycles. The summed E-state index contributed by atoms with van der Waals surface area (Å²) in [5.74, 6) is -1.70. The number of anilines is 1. The molecule has 0 radical (unpaired) electrons. The molecule has 2 fully saturated rings. The van der Waals surface area contributed by atoms with Gasteiger partial charge in [-0.05, 0) is 18.0 Å². The van der Waals surface area contributed by atoms with E-state index in [2.05, 4.69) is 15.0 Å². The van der Waals surface area contributed by atoms with E-state index in [0.29, 0.717) is 0 Å². The number of fused-ring (bicyclic) bond motifs is 2. The monoisotopic (exact) mass is 465 g/mol. The molecule has 6 atom stereocenters. The summed E-state index contributed by atoms with van der Waals surface area (Å²) in [6, 6.07) is 0. The van der Waals surface area contributed by atoms with E-state index in [0.717, 1.165) is 0 Å². The maximum atomic E-state index is 15.2. The Bertz CT molecular complexity index is 1020. The van der Waals surface area contributed by atoms with Crippen molar-refractivity contribution >= 4 is 42.4 Å². The van der Waals surface area contributed by atoms with Gasteiger partial charge in [-0.25, -0.2) is 13.9 Å². The number of alkyl halides is 1. The minimum atomic E-state index is -4.08. The van der Waals surface area contributed by atoms with Crippen molar-refractivity contribution in [3.63, 3.8) is 0 Å². The Morgan fingerprint density at radius 1 is 1.57 bits per heavy atom. The van der Waals surface area contributed by atoms with Crippen LogP contribution in [0.4, 0.5) is 10.2 Å². The quantitative estimate of drug-likeness (QED) is 0.473. The molecule has 2 aliphatic heterocycles. The van der Waals surface area contributed by atoms with E-state index in [-0.39, 0.29) is 41.9 Å². The van der Waals surface area contributed by atoms with Crippen molar-refractivity contribution in [2.45, 2.75) is 38.0 Å². The molecular formula is C15H18ClFN5O7P. The topological polar surface area (TPSA) is 161 Å². The van der Waals surface area contributed by atoms with Crippen LogP contribution in [-0.2, 0) is 27.7 Å². The second-order valence-corrected chi connectivity index (χ2v) is 8.85. The van der Waals surface area contributed by atoms with Crippen LogP contribution in [0.1, 0.15) is 19.6 Å². The maximum Gasteiger partial charge on any atom is 0.475 e. The first kappa shape index (κ1) is 21.3. The number of phosphoric ester groups is 1. The zero-order valence-electron chi connectivity index (χ0n) is 15.6. The summed E-state index contributed by atoms with van der Waals surface area (Å²) < 4.78 is 50.4. The standard InChI is InChI=1S/C15H18ClFN5O7P/c1-6(14(23)24)2-3-26-30(25)27-4-7-10(29-30)8(17)13(28-7)22-5-19-9-11(18)20-15(16)21-12(9)22/h5-8,10,13H,2-4H2,1H3,(H,23,24)(H2,18,20,21)/t6-,7+,8-,10+,13+,30?/m0/s1. The number of hydrogen-bond acceptors (Lipinski definition) is 10. The Labute approximate surface area is 174 Å². The molecule has 1 unspecified atom stereocenters. The molecule has 4 rings (SSSR count). The SMILES string of the molecule is C[C@@H](CCOP1(=O)OC[C@H]2O[C@@H](n3cnc4c(N)nc(Cl)nc43)[C@@H](F)[C@@H]2O1)C(=O)O. The number of imidazole rings is 1. The fraction of sp³-hybridized carbons (Fsp3) is 0.600. The van der Waals surface area contributed by atoms with Gasteiger partial charge in [0.15, 0.2) is 23.9 Å². The van der Waals surface area contributed by atoms with Crippen LogP contribution >= 0.6 is 19.4 Å². The number of carboxylic acids is 1. The third kappa shape index (κ3) is 3.88. The maximum absolute atomic E-state index is 15.2. The average Bonchev–Trinajstić information content (AvgIpc) is 3.23. The lowest BCUT2D eigenvalue weighted by Crippen LogP contribution is -2.38. The van der Waals surface area contributed by atoms with Crippen molar-refractivity contribution in [2.75, 3.05) is 18.9 Å². The number of carbonyl (C=O) groups is 1. The zero-order valence-corrected chi connectivity index (χ0v) is 17.2. The van der Waals surface area contributed by atoms with Crippen LogP contribution in [0.2, 0.25) is 5.28 Å². The summed E-state index contributed by atoms with van der Waals surface area (Å²) in [6.45, 7) is 1.05. The smallest absolute Gasteiger partial charge is 0.475 e. The van der Waals surface area contributed by atoms with Crippen molar-refractivity contribution in [3.8, 4) is 0 Å². The molecule has 164 valence electrons. The van der Waals surface area contributed by atoms with Crippen LogP contribution in [0.25, 0.3) is 11.2 Å². The van der Waals surface area contributed by atoms with E-state index < -0.39 is 44.3 Å². The molecule has 12 nitrogen and oxygen atoms in total. The van der Waals surface area contributed by atoms with E-state index >= 15 is 4.39 Å². The second kappa shape index (κ2) is 7.98. The number of nitrogens with two attached hydrogens (primary N) is 1. The van der Waals surface area contributed by atoms with Crippen LogP contribution in [0.5, 0.6) is 0 Å². The number of rotatable bonds is 6. The third-order valence-electron chi connectivity index (χ3n) is 4.83. The summed E-state index contributed by atoms with van der Waals surface area (Å²) in [6.07, 6.45) is -3.70. The van der Waals surface area contributed by atoms with E-state index in [1.807, 2.05) is 0 Å². The van der Waals surface area contributed by atoms with Gasteiger partial charge in [0.25, 0.3) is 0 Å². The molecular weight excluding hydrogens is 448 g/mol. The largest absolute Gasteiger partial charge is 0.481 e. The Morgan fingerprint density at radius 3 is 3.07 bits per heavy atom. The van der Waals surface area contributed by atoms with E-state index in [1.165, 1.54) is 17.8 Å². The predicted molar refractivity (Wildman–Crippen MR) is 99.4 cm³/mol. The van der Waals surface area contributed by atoms with Gasteiger partial charge >= 0.3 is 13.8 Å². The number of hydrogen-bond donors (Lipinski definition) is 2. The summed E-state index contributed by atoms with van der Waals surface area (Å²) in [4.78, 5) is 22.7. The van der Waals surface area contributed by atoms with Gasteiger partial charge in [-0.1, -0.05) is 6.92 Å². The van der Waals surface area contributed by atoms with Crippen molar-refractivity contribution in [3.05, 3.63) is 11.6 Å². The molecule has 2 aliphatic rings. The lowest BCUT2D eigenvalue weighted by molar-refractivity contribution is -0.141. The van der Waals surface area contributed by atoms with Gasteiger partial charge in [-0.2, -0.15) is 9.97 Å². The minimum Gasteiger partial charge on any atom is -0.481 e. The zero-order chi connectivity index (χ0) is 21.6. The second-order valence-electron chi connectivity index (χ2n) is 6.89. The number of carboxylic acid groups (broad SMARTS) is 1. The van der Waals surface area contributed by atoms with Crippen molar-refractivity contribution < 1.29 is 37.2 Å². The Kier molecular flexibility index (Phi) is 5.68. The number of phosphoric acid groups is 1. The number of aliphatic carboxylic acids is 1. The Balaban J connectivity index is 1.49. The van der Waals surface area contributed by atoms with Crippen molar-refractivity contribution in [1.29, 1.82) is 0 Å². The lowest BCUT2D eigenvalue weighted by Gasteiger charge is -2.30. The summed E-state index contributed by atoms with van der Waals surface area (Å²) in [5, 5.41) is 8.75. The van der Waals surface area contributed by atoms with Gasteiger partial charge in [0, 0.05) is 0 Å². The summed E-state index contributed by atoms with van der Waals surface area (Å²) >= 11 is 5.83. The first-order valence-electron chi connectivity index (χ1n) is 8.94. The molecule has 2 aromatic heterocycles. The minimum absolute atomic E-state index is 0.0302. The fourth-order valence-corrected chi connectivity index (χ4v) is 4.73. The first-order chi connectivity index (χ1) is 14.2. The first-order valence-corrected chi connectivity index (χ1v) is 10.8. The molecule has 15 heteroatoms. The predicted octanol–water partition coefficient (Wildman–Crippen LogP) is 1.95. The molecule has 2 saturated heterocycles. The molecule has 0 aromatic carbocycles. The van der Waals surface area contributed by atoms with Crippen LogP contribution < -0.4 is 5.73 Å². The van der Waals surface area contributed by atoms with E-state index in [9.17, 15) is 9.36 Å². The van der Waals surface area contributed by atoms with E-state index in [4.69, 9.17) is 40.7 Å². The Hall–Kier alpha value is -1.89. The fourth-order valence-electron chi connectivity index (χ4n) is 3.15. The van der Waals surface area contributed by atoms with Crippen LogP contribution in [0, 0.1) is 5.92 Å². The molecule has 0 saturated carbocycles. The van der Waals surface area contributed by atoms with Gasteiger partial charge in [0.2, 0.25) is 5.28 Å². The van der Waals surface area contributed by atoms with Gasteiger partial charge in [0.05, 0.1) is 25.5 Å². The molecule has 0 amide bonds. The van der Waals surface area contributed by atoms with Gasteiger partial charge < -0.3 is 15.6 Å². The van der Waals surface area contributed by atoms with E-state index in [1.54, 1.807) is 0 Å². The third-order valence-corrected chi connectivity index (χ3v) is 6.47. The number of halogens is 2. The number of nitrogen functional groups attached to an aromatic ring is 1. The highest BCUT2D eigenvalue weighted by Gasteiger charge is 2.54. The van der Waals surface area contributed by atoms with Gasteiger partial charge in [0.1, 0.15) is 17.7 Å². The number of nitrogens with zero attached hydrogens (tertiary/aromatic N) is 4. The highest BCUT2D eigenvalue weighted by atomic mass is 35.5. The molecule has 0 aliphatic carbocycles. The van der Waals surface area contributed by atoms with Crippen LogP contribution in [0.15, 0.2) is 6.33 Å². The lowest BCUT2D eigenvalue weighted by atomic mass is 10.1. The van der Waals surface area contributed by atoms with Gasteiger partial charge in [-0.3, -0.25) is 22.9 Å². The molecule has 0 bridgehead atoms. The van der Waals surface area contributed by atoms with Crippen LogP contribution in [0.3, 0.4) is 0 Å². The number of ether oxygens (including phenoxy) is 1. The normalized spacial score (nSPS) is 32.2. The Morgan fingerprint density at radius 2 is 2.33 bits per heavy atom. The van der Waals surface area contributed by atoms with Gasteiger partial charge in [-0.15, -0.1) is 0 Å². The van der Waals surface area contributed by atoms with Crippen molar-refractivity contribution in [1.82, 2.24) is 19.5 Å². The van der Waals surface area contributed by atoms with Crippen molar-refractivity contribution in [2.24, 2.45) is 5.92 Å².